The molecular formula is C24H22FN5OS2. The third-order valence-electron chi connectivity index (χ3n) is 4.74. The molecular weight excluding hydrogens is 457 g/mol. The fraction of sp³-hybridized carbons (Fsp3) is 0.167. The van der Waals surface area contributed by atoms with E-state index in [2.05, 4.69) is 27.1 Å². The number of carbonyl (C=O) groups is 1. The minimum absolute atomic E-state index is 0.104. The zero-order valence-electron chi connectivity index (χ0n) is 18.0. The van der Waals surface area contributed by atoms with Gasteiger partial charge in [0.25, 0.3) is 0 Å². The lowest BCUT2D eigenvalue weighted by Crippen LogP contribution is -2.14. The summed E-state index contributed by atoms with van der Waals surface area (Å²) >= 11 is 2.91. The van der Waals surface area contributed by atoms with E-state index < -0.39 is 0 Å². The Balaban J connectivity index is 1.40. The zero-order chi connectivity index (χ0) is 23.2. The van der Waals surface area contributed by atoms with E-state index in [9.17, 15) is 9.18 Å². The summed E-state index contributed by atoms with van der Waals surface area (Å²) in [5.41, 5.74) is 3.16. The lowest BCUT2D eigenvalue weighted by atomic mass is 10.2. The van der Waals surface area contributed by atoms with Crippen molar-refractivity contribution in [1.82, 2.24) is 19.7 Å². The molecule has 2 heterocycles. The number of carbonyl (C=O) groups excluding carboxylic acids is 1. The molecule has 0 fully saturated rings. The minimum Gasteiger partial charge on any atom is -0.326 e. The first kappa shape index (κ1) is 22.9. The Bertz CT molecular complexity index is 1270. The van der Waals surface area contributed by atoms with Crippen LogP contribution in [0.3, 0.4) is 0 Å². The first-order chi connectivity index (χ1) is 16.0. The van der Waals surface area contributed by atoms with Crippen LogP contribution < -0.4 is 5.32 Å². The Hall–Kier alpha value is -3.30. The molecule has 0 radical (unpaired) electrons. The molecule has 0 bridgehead atoms. The van der Waals surface area contributed by atoms with Crippen LogP contribution in [-0.2, 0) is 23.5 Å². The van der Waals surface area contributed by atoms with Gasteiger partial charge in [-0.3, -0.25) is 9.36 Å². The van der Waals surface area contributed by atoms with Gasteiger partial charge < -0.3 is 5.32 Å². The maximum atomic E-state index is 14.3. The highest BCUT2D eigenvalue weighted by atomic mass is 32.2. The average Bonchev–Trinajstić information content (AvgIpc) is 3.41. The Kier molecular flexibility index (Phi) is 7.31. The second kappa shape index (κ2) is 10.5. The van der Waals surface area contributed by atoms with Crippen LogP contribution in [0.4, 0.5) is 10.1 Å². The molecule has 33 heavy (non-hydrogen) atoms. The normalized spacial score (nSPS) is 10.8. The molecule has 1 amide bonds. The van der Waals surface area contributed by atoms with E-state index in [-0.39, 0.29) is 18.1 Å². The van der Waals surface area contributed by atoms with E-state index in [0.29, 0.717) is 28.8 Å². The van der Waals surface area contributed by atoms with Crippen molar-refractivity contribution in [1.29, 1.82) is 0 Å². The first-order valence-electron chi connectivity index (χ1n) is 10.2. The summed E-state index contributed by atoms with van der Waals surface area (Å²) in [5.74, 6) is 0.567. The molecule has 168 valence electrons. The second-order valence-corrected chi connectivity index (χ2v) is 9.18. The molecule has 0 unspecified atom stereocenters. The Labute approximate surface area is 199 Å². The van der Waals surface area contributed by atoms with Gasteiger partial charge in [0.05, 0.1) is 17.7 Å². The summed E-state index contributed by atoms with van der Waals surface area (Å²) in [5, 5.41) is 14.7. The van der Waals surface area contributed by atoms with Gasteiger partial charge in [0.2, 0.25) is 5.91 Å². The largest absolute Gasteiger partial charge is 0.326 e. The van der Waals surface area contributed by atoms with Gasteiger partial charge in [-0.2, -0.15) is 0 Å². The summed E-state index contributed by atoms with van der Waals surface area (Å²) in [4.78, 5) is 16.9. The summed E-state index contributed by atoms with van der Waals surface area (Å²) in [6.07, 6.45) is 1.94. The summed E-state index contributed by atoms with van der Waals surface area (Å²) in [6.45, 7) is 6.25. The topological polar surface area (TPSA) is 72.7 Å². The molecule has 9 heteroatoms. The van der Waals surface area contributed by atoms with Crippen LogP contribution in [0, 0.1) is 12.7 Å². The van der Waals surface area contributed by atoms with Gasteiger partial charge in [0.15, 0.2) is 11.0 Å². The van der Waals surface area contributed by atoms with Gasteiger partial charge in [0.1, 0.15) is 10.8 Å². The number of nitrogens with one attached hydrogen (secondary N) is 1. The highest BCUT2D eigenvalue weighted by molar-refractivity contribution is 7.98. The molecule has 6 nitrogen and oxygen atoms in total. The maximum Gasteiger partial charge on any atom is 0.231 e. The van der Waals surface area contributed by atoms with Crippen molar-refractivity contribution in [2.75, 3.05) is 5.32 Å². The van der Waals surface area contributed by atoms with E-state index in [1.54, 1.807) is 24.3 Å². The van der Waals surface area contributed by atoms with Crippen molar-refractivity contribution in [2.24, 2.45) is 0 Å². The van der Waals surface area contributed by atoms with Crippen molar-refractivity contribution < 1.29 is 9.18 Å². The second-order valence-electron chi connectivity index (χ2n) is 7.30. The highest BCUT2D eigenvalue weighted by Crippen LogP contribution is 2.28. The third-order valence-corrected chi connectivity index (χ3v) is 6.64. The average molecular weight is 480 g/mol. The van der Waals surface area contributed by atoms with Crippen LogP contribution in [0.25, 0.3) is 11.4 Å². The zero-order valence-corrected chi connectivity index (χ0v) is 19.6. The van der Waals surface area contributed by atoms with E-state index >= 15 is 0 Å². The highest BCUT2D eigenvalue weighted by Gasteiger charge is 2.17. The van der Waals surface area contributed by atoms with Crippen molar-refractivity contribution >= 4 is 34.7 Å². The Morgan fingerprint density at radius 1 is 1.21 bits per heavy atom. The first-order valence-corrected chi connectivity index (χ1v) is 12.1. The Morgan fingerprint density at radius 2 is 2.00 bits per heavy atom. The molecule has 0 aliphatic rings. The smallest absolute Gasteiger partial charge is 0.231 e. The number of aromatic nitrogens is 4. The SMILES string of the molecule is C=CCn1c(SCc2csc(CC(=O)Nc3ccc(C)cc3)n2)nnc1-c1ccccc1F. The van der Waals surface area contributed by atoms with Crippen molar-refractivity contribution in [3.63, 3.8) is 0 Å². The fourth-order valence-corrected chi connectivity index (χ4v) is 4.88. The minimum atomic E-state index is -0.347. The number of rotatable bonds is 9. The van der Waals surface area contributed by atoms with Crippen LogP contribution in [0.15, 0.2) is 71.7 Å². The van der Waals surface area contributed by atoms with Gasteiger partial charge in [-0.25, -0.2) is 9.37 Å². The summed E-state index contributed by atoms with van der Waals surface area (Å²) < 4.78 is 16.1. The van der Waals surface area contributed by atoms with Crippen molar-refractivity contribution in [3.8, 4) is 11.4 Å². The third kappa shape index (κ3) is 5.74. The van der Waals surface area contributed by atoms with Gasteiger partial charge in [0, 0.05) is 23.4 Å². The lowest BCUT2D eigenvalue weighted by molar-refractivity contribution is -0.115. The number of amides is 1. The quantitative estimate of drug-likeness (QED) is 0.253. The summed E-state index contributed by atoms with van der Waals surface area (Å²) in [7, 11) is 0. The Morgan fingerprint density at radius 3 is 2.76 bits per heavy atom. The van der Waals surface area contributed by atoms with Gasteiger partial charge in [-0.1, -0.05) is 47.7 Å². The molecule has 4 aromatic rings. The van der Waals surface area contributed by atoms with E-state index in [1.165, 1.54) is 29.2 Å². The van der Waals surface area contributed by atoms with Gasteiger partial charge >= 0.3 is 0 Å². The number of hydrogen-bond donors (Lipinski definition) is 1. The summed E-state index contributed by atoms with van der Waals surface area (Å²) in [6, 6.07) is 14.2. The number of halogens is 1. The number of aryl methyl sites for hydroxylation is 1. The number of allylic oxidation sites excluding steroid dienone is 1. The molecule has 0 atom stereocenters. The van der Waals surface area contributed by atoms with E-state index in [1.807, 2.05) is 41.1 Å². The predicted molar refractivity (Wildman–Crippen MR) is 131 cm³/mol. The van der Waals surface area contributed by atoms with Crippen molar-refractivity contribution in [2.45, 2.75) is 30.8 Å². The lowest BCUT2D eigenvalue weighted by Gasteiger charge is -2.08. The fourth-order valence-electron chi connectivity index (χ4n) is 3.15. The van der Waals surface area contributed by atoms with Crippen LogP contribution >= 0.6 is 23.1 Å². The van der Waals surface area contributed by atoms with Crippen LogP contribution in [0.1, 0.15) is 16.3 Å². The van der Waals surface area contributed by atoms with Crippen LogP contribution in [0.5, 0.6) is 0 Å². The van der Waals surface area contributed by atoms with E-state index in [4.69, 9.17) is 0 Å². The number of nitrogens with zero attached hydrogens (tertiary/aromatic N) is 4. The molecule has 0 saturated carbocycles. The number of anilines is 1. The molecule has 0 aliphatic heterocycles. The number of thiazole rings is 1. The number of benzene rings is 2. The van der Waals surface area contributed by atoms with Gasteiger partial charge in [-0.15, -0.1) is 28.1 Å². The van der Waals surface area contributed by atoms with Crippen molar-refractivity contribution in [3.05, 3.63) is 88.6 Å². The number of thioether (sulfide) groups is 1. The van der Waals surface area contributed by atoms with Crippen LogP contribution in [0.2, 0.25) is 0 Å². The monoisotopic (exact) mass is 479 g/mol. The molecule has 0 spiro atoms. The molecule has 0 aliphatic carbocycles. The van der Waals surface area contributed by atoms with E-state index in [0.717, 1.165) is 22.0 Å². The van der Waals surface area contributed by atoms with Gasteiger partial charge in [-0.05, 0) is 31.2 Å². The molecule has 1 N–H and O–H groups in total. The molecule has 4 rings (SSSR count). The number of hydrogen-bond acceptors (Lipinski definition) is 6. The van der Waals surface area contributed by atoms with Crippen LogP contribution in [-0.4, -0.2) is 25.7 Å². The predicted octanol–water partition coefficient (Wildman–Crippen LogP) is 5.51. The molecule has 2 aromatic heterocycles. The molecule has 0 saturated heterocycles. The maximum absolute atomic E-state index is 14.3. The standard InChI is InChI=1S/C24H22FN5OS2/c1-3-12-30-23(19-6-4-5-7-20(19)25)28-29-24(30)33-15-18-14-32-22(27-18)13-21(31)26-17-10-8-16(2)9-11-17/h3-11,14H,1,12-13,15H2,2H3,(H,26,31). The molecule has 2 aromatic carbocycles.